The molecule has 1 amide bonds. The van der Waals surface area contributed by atoms with Gasteiger partial charge in [-0.2, -0.15) is 4.31 Å². The van der Waals surface area contributed by atoms with Crippen molar-refractivity contribution in [1.82, 2.24) is 14.6 Å². The molecule has 0 unspecified atom stereocenters. The van der Waals surface area contributed by atoms with E-state index in [0.29, 0.717) is 35.8 Å². The summed E-state index contributed by atoms with van der Waals surface area (Å²) < 4.78 is 27.9. The van der Waals surface area contributed by atoms with Gasteiger partial charge < -0.3 is 10.3 Å². The standard InChI is InChI=1S/C23H31N3O4S/c1-15-3-5-17(6-4-15)24-23(28)20-14-22(27)25-21-8-7-18(13-19(20)21)31(29,30)26-11-9-16(2)10-12-26/h7-8,13-17H,3-6,9-12H2,1-2H3,(H,24,28)(H,25,27). The van der Waals surface area contributed by atoms with Crippen LogP contribution in [0, 0.1) is 11.8 Å². The van der Waals surface area contributed by atoms with Gasteiger partial charge in [-0.1, -0.05) is 13.8 Å². The lowest BCUT2D eigenvalue weighted by molar-refractivity contribution is 0.0924. The fourth-order valence-electron chi connectivity index (χ4n) is 4.62. The highest BCUT2D eigenvalue weighted by Gasteiger charge is 2.29. The van der Waals surface area contributed by atoms with Crippen LogP contribution < -0.4 is 10.9 Å². The van der Waals surface area contributed by atoms with Crippen LogP contribution in [0.2, 0.25) is 0 Å². The van der Waals surface area contributed by atoms with Crippen molar-refractivity contribution in [3.05, 3.63) is 40.2 Å². The van der Waals surface area contributed by atoms with Gasteiger partial charge in [0.1, 0.15) is 0 Å². The van der Waals surface area contributed by atoms with Gasteiger partial charge in [-0.15, -0.1) is 0 Å². The van der Waals surface area contributed by atoms with E-state index in [9.17, 15) is 18.0 Å². The van der Waals surface area contributed by atoms with E-state index in [1.807, 2.05) is 0 Å². The molecule has 0 radical (unpaired) electrons. The number of H-pyrrole nitrogens is 1. The van der Waals surface area contributed by atoms with Crippen LogP contribution in [0.25, 0.3) is 10.9 Å². The fraction of sp³-hybridized carbons (Fsp3) is 0.565. The molecule has 1 aromatic heterocycles. The van der Waals surface area contributed by atoms with Crippen molar-refractivity contribution in [3.8, 4) is 0 Å². The number of aromatic amines is 1. The molecule has 0 bridgehead atoms. The minimum atomic E-state index is -3.65. The molecule has 2 fully saturated rings. The molecule has 4 rings (SSSR count). The zero-order valence-electron chi connectivity index (χ0n) is 18.2. The minimum absolute atomic E-state index is 0.0836. The average Bonchev–Trinajstić information content (AvgIpc) is 2.74. The molecule has 168 valence electrons. The number of fused-ring (bicyclic) bond motifs is 1. The molecule has 31 heavy (non-hydrogen) atoms. The van der Waals surface area contributed by atoms with E-state index >= 15 is 0 Å². The second-order valence-corrected chi connectivity index (χ2v) is 11.2. The maximum Gasteiger partial charge on any atom is 0.252 e. The molecule has 2 aromatic rings. The molecule has 1 aliphatic heterocycles. The Morgan fingerprint density at radius 2 is 1.65 bits per heavy atom. The monoisotopic (exact) mass is 445 g/mol. The number of hydrogen-bond acceptors (Lipinski definition) is 4. The van der Waals surface area contributed by atoms with Gasteiger partial charge in [-0.3, -0.25) is 9.59 Å². The molecule has 1 aliphatic carbocycles. The van der Waals surface area contributed by atoms with Gasteiger partial charge >= 0.3 is 0 Å². The molecule has 1 saturated carbocycles. The number of rotatable bonds is 4. The zero-order valence-corrected chi connectivity index (χ0v) is 19.0. The number of nitrogens with zero attached hydrogens (tertiary/aromatic N) is 1. The van der Waals surface area contributed by atoms with Crippen molar-refractivity contribution in [2.45, 2.75) is 63.3 Å². The Balaban J connectivity index is 1.66. The van der Waals surface area contributed by atoms with E-state index in [4.69, 9.17) is 0 Å². The summed E-state index contributed by atoms with van der Waals surface area (Å²) in [6.07, 6.45) is 5.65. The van der Waals surface area contributed by atoms with Crippen molar-refractivity contribution in [1.29, 1.82) is 0 Å². The van der Waals surface area contributed by atoms with Gasteiger partial charge in [-0.25, -0.2) is 8.42 Å². The number of sulfonamides is 1. The Hall–Kier alpha value is -2.19. The fourth-order valence-corrected chi connectivity index (χ4v) is 6.12. The Bertz CT molecular complexity index is 1130. The number of nitrogens with one attached hydrogen (secondary N) is 2. The summed E-state index contributed by atoms with van der Waals surface area (Å²) >= 11 is 0. The highest BCUT2D eigenvalue weighted by Crippen LogP contribution is 2.27. The quantitative estimate of drug-likeness (QED) is 0.754. The smallest absolute Gasteiger partial charge is 0.252 e. The summed E-state index contributed by atoms with van der Waals surface area (Å²) in [5, 5.41) is 3.50. The van der Waals surface area contributed by atoms with Gasteiger partial charge in [-0.05, 0) is 68.6 Å². The van der Waals surface area contributed by atoms with E-state index in [0.717, 1.165) is 38.5 Å². The molecule has 0 spiro atoms. The SMILES string of the molecule is CC1CCC(NC(=O)c2cc(=O)[nH]c3ccc(S(=O)(=O)N4CCC(C)CC4)cc23)CC1. The number of benzene rings is 1. The second kappa shape index (κ2) is 8.74. The van der Waals surface area contributed by atoms with Gasteiger partial charge in [0.25, 0.3) is 5.91 Å². The number of pyridine rings is 1. The molecule has 8 heteroatoms. The van der Waals surface area contributed by atoms with Crippen molar-refractivity contribution in [2.24, 2.45) is 11.8 Å². The molecular formula is C23H31N3O4S. The van der Waals surface area contributed by atoms with E-state index in [-0.39, 0.29) is 28.0 Å². The van der Waals surface area contributed by atoms with Crippen LogP contribution >= 0.6 is 0 Å². The second-order valence-electron chi connectivity index (χ2n) is 9.27. The van der Waals surface area contributed by atoms with Gasteiger partial charge in [0.2, 0.25) is 15.6 Å². The van der Waals surface area contributed by atoms with E-state index in [1.165, 1.54) is 22.5 Å². The third kappa shape index (κ3) is 4.70. The molecule has 2 aliphatic rings. The summed E-state index contributed by atoms with van der Waals surface area (Å²) in [4.78, 5) is 28.0. The highest BCUT2D eigenvalue weighted by molar-refractivity contribution is 7.89. The summed E-state index contributed by atoms with van der Waals surface area (Å²) in [7, 11) is -3.65. The average molecular weight is 446 g/mol. The molecular weight excluding hydrogens is 414 g/mol. The highest BCUT2D eigenvalue weighted by atomic mass is 32.2. The van der Waals surface area contributed by atoms with E-state index in [1.54, 1.807) is 6.07 Å². The lowest BCUT2D eigenvalue weighted by atomic mass is 9.87. The molecule has 7 nitrogen and oxygen atoms in total. The third-order valence-corrected chi connectivity index (χ3v) is 8.69. The van der Waals surface area contributed by atoms with Crippen LogP contribution in [-0.4, -0.2) is 42.7 Å². The van der Waals surface area contributed by atoms with Gasteiger partial charge in [0, 0.05) is 36.1 Å². The maximum atomic E-state index is 13.2. The molecule has 2 N–H and O–H groups in total. The number of amides is 1. The summed E-state index contributed by atoms with van der Waals surface area (Å²) in [5.74, 6) is 0.863. The van der Waals surface area contributed by atoms with Crippen LogP contribution in [0.1, 0.15) is 62.7 Å². The van der Waals surface area contributed by atoms with Gasteiger partial charge in [0.15, 0.2) is 0 Å². The van der Waals surface area contributed by atoms with Crippen LogP contribution in [0.4, 0.5) is 0 Å². The normalized spacial score (nSPS) is 23.7. The molecule has 2 heterocycles. The molecule has 0 atom stereocenters. The Labute approximate surface area is 183 Å². The maximum absolute atomic E-state index is 13.2. The topological polar surface area (TPSA) is 99.3 Å². The largest absolute Gasteiger partial charge is 0.349 e. The first-order valence-electron chi connectivity index (χ1n) is 11.2. The van der Waals surface area contributed by atoms with Gasteiger partial charge in [0.05, 0.1) is 10.5 Å². The van der Waals surface area contributed by atoms with Crippen molar-refractivity contribution < 1.29 is 13.2 Å². The lowest BCUT2D eigenvalue weighted by Gasteiger charge is -2.29. The predicted octanol–water partition coefficient (Wildman–Crippen LogP) is 3.26. The summed E-state index contributed by atoms with van der Waals surface area (Å²) in [6, 6.07) is 5.96. The zero-order chi connectivity index (χ0) is 22.2. The van der Waals surface area contributed by atoms with Crippen LogP contribution in [-0.2, 0) is 10.0 Å². The Kier molecular flexibility index (Phi) is 6.21. The third-order valence-electron chi connectivity index (χ3n) is 6.79. The number of hydrogen-bond donors (Lipinski definition) is 2. The first kappa shape index (κ1) is 22.0. The Morgan fingerprint density at radius 1 is 1.00 bits per heavy atom. The Morgan fingerprint density at radius 3 is 2.32 bits per heavy atom. The van der Waals surface area contributed by atoms with Crippen LogP contribution in [0.3, 0.4) is 0 Å². The number of carbonyl (C=O) groups is 1. The van der Waals surface area contributed by atoms with E-state index < -0.39 is 10.0 Å². The minimum Gasteiger partial charge on any atom is -0.349 e. The van der Waals surface area contributed by atoms with Crippen molar-refractivity contribution in [2.75, 3.05) is 13.1 Å². The predicted molar refractivity (Wildman–Crippen MR) is 121 cm³/mol. The van der Waals surface area contributed by atoms with E-state index in [2.05, 4.69) is 24.1 Å². The first-order chi connectivity index (χ1) is 14.7. The van der Waals surface area contributed by atoms with Crippen molar-refractivity contribution >= 4 is 26.8 Å². The number of piperidine rings is 1. The lowest BCUT2D eigenvalue weighted by Crippen LogP contribution is -2.38. The van der Waals surface area contributed by atoms with Crippen LogP contribution in [0.15, 0.2) is 34.0 Å². The number of carbonyl (C=O) groups excluding carboxylic acids is 1. The first-order valence-corrected chi connectivity index (χ1v) is 12.7. The number of aromatic nitrogens is 1. The molecule has 1 aromatic carbocycles. The van der Waals surface area contributed by atoms with Crippen molar-refractivity contribution in [3.63, 3.8) is 0 Å². The van der Waals surface area contributed by atoms with Crippen LogP contribution in [0.5, 0.6) is 0 Å². The summed E-state index contributed by atoms with van der Waals surface area (Å²) in [5.41, 5.74) is 0.304. The summed E-state index contributed by atoms with van der Waals surface area (Å²) in [6.45, 7) is 5.35. The molecule has 1 saturated heterocycles.